The van der Waals surface area contributed by atoms with E-state index < -0.39 is 0 Å². The lowest BCUT2D eigenvalue weighted by molar-refractivity contribution is -0.123. The summed E-state index contributed by atoms with van der Waals surface area (Å²) >= 11 is 13.1. The van der Waals surface area contributed by atoms with E-state index in [0.717, 1.165) is 28.6 Å². The summed E-state index contributed by atoms with van der Waals surface area (Å²) in [5, 5.41) is 3.18. The summed E-state index contributed by atoms with van der Waals surface area (Å²) in [5.41, 5.74) is 3.36. The fraction of sp³-hybridized carbons (Fsp3) is 0.233. The molecule has 3 amide bonds. The van der Waals surface area contributed by atoms with Crippen molar-refractivity contribution in [3.63, 3.8) is 0 Å². The molecule has 1 fully saturated rings. The van der Waals surface area contributed by atoms with E-state index >= 15 is 0 Å². The maximum absolute atomic E-state index is 12.9. The zero-order valence-corrected chi connectivity index (χ0v) is 24.5. The van der Waals surface area contributed by atoms with Gasteiger partial charge in [-0.2, -0.15) is 0 Å². The molecule has 1 aliphatic heterocycles. The molecule has 0 atom stereocenters. The van der Waals surface area contributed by atoms with Crippen LogP contribution in [0.25, 0.3) is 6.08 Å². The van der Waals surface area contributed by atoms with Crippen molar-refractivity contribution in [3.05, 3.63) is 92.3 Å². The second-order valence-corrected chi connectivity index (χ2v) is 11.2. The van der Waals surface area contributed by atoms with E-state index in [1.807, 2.05) is 25.1 Å². The Morgan fingerprint density at radius 3 is 2.45 bits per heavy atom. The van der Waals surface area contributed by atoms with Crippen molar-refractivity contribution in [1.29, 1.82) is 0 Å². The van der Waals surface area contributed by atoms with Gasteiger partial charge in [0.05, 0.1) is 16.5 Å². The van der Waals surface area contributed by atoms with Gasteiger partial charge in [-0.3, -0.25) is 19.3 Å². The third-order valence-electron chi connectivity index (χ3n) is 5.98. The minimum atomic E-state index is -0.387. The quantitative estimate of drug-likeness (QED) is 0.242. The average Bonchev–Trinajstić information content (AvgIpc) is 3.16. The van der Waals surface area contributed by atoms with Crippen LogP contribution in [-0.2, 0) is 9.59 Å². The molecule has 208 valence electrons. The SMILES string of the molecule is Cc1ccc(C(C)C)c(OCCN2C(=O)S/C(=C\c3ccc(OCC(=O)Nc4ccc(Cl)cc4)c(Cl)c3)C2=O)c1. The van der Waals surface area contributed by atoms with Gasteiger partial charge in [-0.15, -0.1) is 0 Å². The Morgan fingerprint density at radius 1 is 1.00 bits per heavy atom. The first-order chi connectivity index (χ1) is 19.1. The zero-order valence-electron chi connectivity index (χ0n) is 22.2. The molecule has 4 rings (SSSR count). The maximum atomic E-state index is 12.9. The van der Waals surface area contributed by atoms with Crippen LogP contribution in [0.1, 0.15) is 36.5 Å². The van der Waals surface area contributed by atoms with E-state index in [-0.39, 0.29) is 52.7 Å². The van der Waals surface area contributed by atoms with Crippen LogP contribution in [0.5, 0.6) is 11.5 Å². The molecule has 0 radical (unpaired) electrons. The molecule has 0 unspecified atom stereocenters. The first-order valence-electron chi connectivity index (χ1n) is 12.6. The van der Waals surface area contributed by atoms with Crippen LogP contribution in [0, 0.1) is 6.92 Å². The summed E-state index contributed by atoms with van der Waals surface area (Å²) in [6.07, 6.45) is 1.60. The molecule has 0 saturated carbocycles. The van der Waals surface area contributed by atoms with Crippen molar-refractivity contribution < 1.29 is 23.9 Å². The molecule has 7 nitrogen and oxygen atoms in total. The second-order valence-electron chi connectivity index (χ2n) is 9.41. The minimum Gasteiger partial charge on any atom is -0.491 e. The summed E-state index contributed by atoms with van der Waals surface area (Å²) < 4.78 is 11.5. The Balaban J connectivity index is 1.33. The van der Waals surface area contributed by atoms with E-state index in [1.54, 1.807) is 48.5 Å². The lowest BCUT2D eigenvalue weighted by Crippen LogP contribution is -2.32. The van der Waals surface area contributed by atoms with Crippen LogP contribution < -0.4 is 14.8 Å². The standard InChI is InChI=1S/C30H28Cl2N2O5S/c1-18(2)23-10-4-19(3)14-26(23)38-13-12-34-29(36)27(40-30(34)37)16-20-5-11-25(24(32)15-20)39-17-28(35)33-22-8-6-21(31)7-9-22/h4-11,14-16,18H,12-13,17H2,1-3H3,(H,33,35)/b27-16-. The molecule has 0 spiro atoms. The molecule has 1 N–H and O–H groups in total. The Hall–Kier alpha value is -3.46. The van der Waals surface area contributed by atoms with Gasteiger partial charge in [-0.05, 0) is 89.8 Å². The molecular formula is C30H28Cl2N2O5S. The van der Waals surface area contributed by atoms with Crippen molar-refractivity contribution in [2.75, 3.05) is 25.1 Å². The van der Waals surface area contributed by atoms with Crippen molar-refractivity contribution in [3.8, 4) is 11.5 Å². The highest BCUT2D eigenvalue weighted by Crippen LogP contribution is 2.34. The number of hydrogen-bond acceptors (Lipinski definition) is 6. The Bertz CT molecular complexity index is 1460. The molecule has 10 heteroatoms. The van der Waals surface area contributed by atoms with Crippen molar-refractivity contribution >= 4 is 63.8 Å². The van der Waals surface area contributed by atoms with Gasteiger partial charge < -0.3 is 14.8 Å². The highest BCUT2D eigenvalue weighted by molar-refractivity contribution is 8.18. The van der Waals surface area contributed by atoms with Crippen LogP contribution in [0.2, 0.25) is 10.0 Å². The first-order valence-corrected chi connectivity index (χ1v) is 14.1. The minimum absolute atomic E-state index is 0.138. The first kappa shape index (κ1) is 29.5. The molecule has 40 heavy (non-hydrogen) atoms. The highest BCUT2D eigenvalue weighted by Gasteiger charge is 2.34. The van der Waals surface area contributed by atoms with Crippen LogP contribution in [0.4, 0.5) is 10.5 Å². The Kier molecular flexibility index (Phi) is 9.79. The number of hydrogen-bond donors (Lipinski definition) is 1. The molecule has 0 aromatic heterocycles. The van der Waals surface area contributed by atoms with Gasteiger partial charge in [0.2, 0.25) is 0 Å². The Morgan fingerprint density at radius 2 is 1.75 bits per heavy atom. The molecule has 3 aromatic rings. The van der Waals surface area contributed by atoms with E-state index in [2.05, 4.69) is 19.2 Å². The van der Waals surface area contributed by atoms with Crippen LogP contribution in [0.15, 0.2) is 65.6 Å². The lowest BCUT2D eigenvalue weighted by Gasteiger charge is -2.17. The van der Waals surface area contributed by atoms with Gasteiger partial charge >= 0.3 is 0 Å². The van der Waals surface area contributed by atoms with Gasteiger partial charge in [0, 0.05) is 10.7 Å². The number of carbonyl (C=O) groups is 3. The number of nitrogens with one attached hydrogen (secondary N) is 1. The zero-order chi connectivity index (χ0) is 28.8. The number of anilines is 1. The normalized spacial score (nSPS) is 14.2. The van der Waals surface area contributed by atoms with Gasteiger partial charge in [0.1, 0.15) is 18.1 Å². The summed E-state index contributed by atoms with van der Waals surface area (Å²) in [6.45, 7) is 6.25. The number of aryl methyl sites for hydroxylation is 1. The number of amides is 3. The van der Waals surface area contributed by atoms with E-state index in [9.17, 15) is 14.4 Å². The molecular weight excluding hydrogens is 571 g/mol. The molecule has 1 aliphatic rings. The second kappa shape index (κ2) is 13.3. The van der Waals surface area contributed by atoms with Gasteiger partial charge in [0.25, 0.3) is 17.1 Å². The molecule has 0 aliphatic carbocycles. The van der Waals surface area contributed by atoms with E-state index in [1.165, 1.54) is 4.90 Å². The number of carbonyl (C=O) groups excluding carboxylic acids is 3. The monoisotopic (exact) mass is 598 g/mol. The topological polar surface area (TPSA) is 84.9 Å². The predicted octanol–water partition coefficient (Wildman–Crippen LogP) is 7.56. The lowest BCUT2D eigenvalue weighted by atomic mass is 10.0. The third-order valence-corrected chi connectivity index (χ3v) is 7.43. The number of nitrogens with zero attached hydrogens (tertiary/aromatic N) is 1. The Labute approximate surface area is 247 Å². The predicted molar refractivity (Wildman–Crippen MR) is 160 cm³/mol. The highest BCUT2D eigenvalue weighted by atomic mass is 35.5. The van der Waals surface area contributed by atoms with Crippen LogP contribution in [-0.4, -0.2) is 41.7 Å². The summed E-state index contributed by atoms with van der Waals surface area (Å²) in [5.74, 6) is 0.611. The number of halogens is 2. The van der Waals surface area contributed by atoms with Crippen molar-refractivity contribution in [2.45, 2.75) is 26.7 Å². The van der Waals surface area contributed by atoms with Crippen LogP contribution in [0.3, 0.4) is 0 Å². The molecule has 0 bridgehead atoms. The largest absolute Gasteiger partial charge is 0.491 e. The fourth-order valence-corrected chi connectivity index (χ4v) is 5.17. The molecule has 1 saturated heterocycles. The summed E-state index contributed by atoms with van der Waals surface area (Å²) in [7, 11) is 0. The number of thioether (sulfide) groups is 1. The van der Waals surface area contributed by atoms with Gasteiger partial charge in [0.15, 0.2) is 6.61 Å². The number of ether oxygens (including phenoxy) is 2. The molecule has 1 heterocycles. The van der Waals surface area contributed by atoms with E-state index in [4.69, 9.17) is 32.7 Å². The van der Waals surface area contributed by atoms with E-state index in [0.29, 0.717) is 22.0 Å². The van der Waals surface area contributed by atoms with Crippen molar-refractivity contribution in [1.82, 2.24) is 4.90 Å². The number of rotatable bonds is 10. The number of benzene rings is 3. The third kappa shape index (κ3) is 7.59. The maximum Gasteiger partial charge on any atom is 0.293 e. The average molecular weight is 600 g/mol. The number of imide groups is 1. The fourth-order valence-electron chi connectivity index (χ4n) is 3.93. The summed E-state index contributed by atoms with van der Waals surface area (Å²) in [4.78, 5) is 39.2. The molecule has 3 aromatic carbocycles. The van der Waals surface area contributed by atoms with Gasteiger partial charge in [-0.1, -0.05) is 55.2 Å². The van der Waals surface area contributed by atoms with Gasteiger partial charge in [-0.25, -0.2) is 0 Å². The van der Waals surface area contributed by atoms with Crippen molar-refractivity contribution in [2.24, 2.45) is 0 Å². The summed E-state index contributed by atoms with van der Waals surface area (Å²) in [6, 6.07) is 17.7. The van der Waals surface area contributed by atoms with Crippen LogP contribution >= 0.6 is 35.0 Å². The smallest absolute Gasteiger partial charge is 0.293 e.